The van der Waals surface area contributed by atoms with Crippen LogP contribution in [0.3, 0.4) is 0 Å². The molecule has 0 aliphatic carbocycles. The number of oxime groups is 1. The van der Waals surface area contributed by atoms with E-state index in [2.05, 4.69) is 12.1 Å². The van der Waals surface area contributed by atoms with E-state index in [1.165, 1.54) is 0 Å². The van der Waals surface area contributed by atoms with Gasteiger partial charge in [-0.15, -0.1) is 0 Å². The molecule has 0 unspecified atom stereocenters. The molecule has 0 atom stereocenters. The summed E-state index contributed by atoms with van der Waals surface area (Å²) in [5, 5.41) is 3.85. The number of aryl methyl sites for hydroxylation is 2. The maximum absolute atomic E-state index is 5.97. The van der Waals surface area contributed by atoms with Crippen molar-refractivity contribution in [3.05, 3.63) is 33.8 Å². The van der Waals surface area contributed by atoms with Gasteiger partial charge in [-0.3, -0.25) is 0 Å². The van der Waals surface area contributed by atoms with Gasteiger partial charge in [-0.05, 0) is 56.5 Å². The third-order valence-corrected chi connectivity index (χ3v) is 3.75. The minimum Gasteiger partial charge on any atom is -0.493 e. The summed E-state index contributed by atoms with van der Waals surface area (Å²) in [6, 6.07) is 3.94. The number of hydrogen-bond donors (Lipinski definition) is 0. The molecular formula is C20H29Cl2NO4. The summed E-state index contributed by atoms with van der Waals surface area (Å²) >= 11 is 11.2. The predicted molar refractivity (Wildman–Crippen MR) is 112 cm³/mol. The average molecular weight is 418 g/mol. The van der Waals surface area contributed by atoms with Crippen molar-refractivity contribution in [1.29, 1.82) is 0 Å². The van der Waals surface area contributed by atoms with E-state index in [4.69, 9.17) is 42.3 Å². The van der Waals surface area contributed by atoms with Crippen molar-refractivity contribution in [2.75, 3.05) is 33.0 Å². The van der Waals surface area contributed by atoms with E-state index in [0.717, 1.165) is 41.2 Å². The fourth-order valence-electron chi connectivity index (χ4n) is 2.27. The van der Waals surface area contributed by atoms with Crippen LogP contribution in [0.4, 0.5) is 0 Å². The van der Waals surface area contributed by atoms with E-state index in [1.807, 2.05) is 32.9 Å². The van der Waals surface area contributed by atoms with Gasteiger partial charge in [-0.25, -0.2) is 0 Å². The molecule has 0 radical (unpaired) electrons. The van der Waals surface area contributed by atoms with Gasteiger partial charge in [0.25, 0.3) is 0 Å². The molecule has 1 aromatic rings. The lowest BCUT2D eigenvalue weighted by atomic mass is 10.1. The first kappa shape index (κ1) is 23.6. The lowest BCUT2D eigenvalue weighted by molar-refractivity contribution is 0.0461. The van der Waals surface area contributed by atoms with Gasteiger partial charge in [-0.2, -0.15) is 0 Å². The largest absolute Gasteiger partial charge is 0.493 e. The van der Waals surface area contributed by atoms with E-state index in [1.54, 1.807) is 6.08 Å². The summed E-state index contributed by atoms with van der Waals surface area (Å²) in [5.74, 6) is 1.68. The first-order valence-corrected chi connectivity index (χ1v) is 9.80. The Morgan fingerprint density at radius 2 is 1.85 bits per heavy atom. The highest BCUT2D eigenvalue weighted by atomic mass is 35.5. The Bertz CT molecular complexity index is 625. The quantitative estimate of drug-likeness (QED) is 0.243. The van der Waals surface area contributed by atoms with Gasteiger partial charge in [0.2, 0.25) is 0 Å². The molecule has 0 aliphatic rings. The van der Waals surface area contributed by atoms with Crippen molar-refractivity contribution in [3.8, 4) is 11.5 Å². The Kier molecular flexibility index (Phi) is 12.0. The summed E-state index contributed by atoms with van der Waals surface area (Å²) in [7, 11) is 0. The Hall–Kier alpha value is -1.43. The molecule has 0 fully saturated rings. The SMILES string of the molecule is CCc1cc(OCC=C(Cl)Cl)cc(C)c1OCCCOCCON=C(C)C. The monoisotopic (exact) mass is 417 g/mol. The third kappa shape index (κ3) is 10.5. The minimum atomic E-state index is 0.198. The standard InChI is InChI=1S/C20H29Cl2NO4/c1-5-17-14-18(25-10-7-19(21)22)13-16(4)20(17)26-9-6-8-24-11-12-27-23-15(2)3/h7,13-14H,5-6,8-12H2,1-4H3. The molecule has 1 aromatic carbocycles. The average Bonchev–Trinajstić information content (AvgIpc) is 2.60. The Morgan fingerprint density at radius 1 is 1.07 bits per heavy atom. The van der Waals surface area contributed by atoms with E-state index in [0.29, 0.717) is 33.0 Å². The van der Waals surface area contributed by atoms with Gasteiger partial charge in [0.1, 0.15) is 29.2 Å². The van der Waals surface area contributed by atoms with Crippen LogP contribution in [0.2, 0.25) is 0 Å². The molecule has 5 nitrogen and oxygen atoms in total. The van der Waals surface area contributed by atoms with Gasteiger partial charge in [0.15, 0.2) is 0 Å². The summed E-state index contributed by atoms with van der Waals surface area (Å²) in [5.41, 5.74) is 3.03. The lowest BCUT2D eigenvalue weighted by Gasteiger charge is -2.15. The minimum absolute atomic E-state index is 0.198. The fraction of sp³-hybridized carbons (Fsp3) is 0.550. The number of hydrogen-bond acceptors (Lipinski definition) is 5. The molecule has 0 amide bonds. The first-order chi connectivity index (χ1) is 12.9. The van der Waals surface area contributed by atoms with E-state index in [9.17, 15) is 0 Å². The van der Waals surface area contributed by atoms with Crippen LogP contribution in [0.5, 0.6) is 11.5 Å². The molecule has 0 aliphatic heterocycles. The predicted octanol–water partition coefficient (Wildman–Crippen LogP) is 5.45. The van der Waals surface area contributed by atoms with E-state index < -0.39 is 0 Å². The summed E-state index contributed by atoms with van der Waals surface area (Å²) < 4.78 is 17.3. The van der Waals surface area contributed by atoms with Gasteiger partial charge in [-0.1, -0.05) is 35.3 Å². The maximum atomic E-state index is 5.97. The highest BCUT2D eigenvalue weighted by Crippen LogP contribution is 2.30. The Balaban J connectivity index is 2.39. The van der Waals surface area contributed by atoms with Crippen molar-refractivity contribution in [2.45, 2.75) is 40.5 Å². The maximum Gasteiger partial charge on any atom is 0.140 e. The number of ether oxygens (including phenoxy) is 3. The summed E-state index contributed by atoms with van der Waals surface area (Å²) in [6.45, 7) is 10.4. The van der Waals surface area contributed by atoms with Crippen LogP contribution in [-0.4, -0.2) is 38.7 Å². The van der Waals surface area contributed by atoms with E-state index >= 15 is 0 Å². The molecule has 27 heavy (non-hydrogen) atoms. The Morgan fingerprint density at radius 3 is 2.52 bits per heavy atom. The number of nitrogens with zero attached hydrogens (tertiary/aromatic N) is 1. The van der Waals surface area contributed by atoms with Crippen LogP contribution >= 0.6 is 23.2 Å². The van der Waals surface area contributed by atoms with Crippen molar-refractivity contribution < 1.29 is 19.0 Å². The zero-order valence-corrected chi connectivity index (χ0v) is 18.0. The summed E-state index contributed by atoms with van der Waals surface area (Å²) in [4.78, 5) is 5.07. The van der Waals surface area contributed by atoms with Crippen LogP contribution in [0, 0.1) is 6.92 Å². The van der Waals surface area contributed by atoms with Crippen molar-refractivity contribution in [3.63, 3.8) is 0 Å². The first-order valence-electron chi connectivity index (χ1n) is 9.05. The van der Waals surface area contributed by atoms with Crippen LogP contribution in [0.1, 0.15) is 38.3 Å². The fourth-order valence-corrected chi connectivity index (χ4v) is 2.40. The second-order valence-corrected chi connectivity index (χ2v) is 7.08. The van der Waals surface area contributed by atoms with Crippen molar-refractivity contribution in [1.82, 2.24) is 0 Å². The molecule has 0 spiro atoms. The molecule has 0 aromatic heterocycles. The molecule has 0 saturated heterocycles. The molecule has 0 N–H and O–H groups in total. The van der Waals surface area contributed by atoms with Gasteiger partial charge >= 0.3 is 0 Å². The zero-order valence-electron chi connectivity index (χ0n) is 16.5. The van der Waals surface area contributed by atoms with Crippen LogP contribution in [-0.2, 0) is 16.0 Å². The highest BCUT2D eigenvalue weighted by Gasteiger charge is 2.09. The smallest absolute Gasteiger partial charge is 0.140 e. The van der Waals surface area contributed by atoms with Crippen LogP contribution < -0.4 is 9.47 Å². The van der Waals surface area contributed by atoms with Gasteiger partial charge < -0.3 is 19.0 Å². The van der Waals surface area contributed by atoms with Gasteiger partial charge in [0, 0.05) is 13.0 Å². The third-order valence-electron chi connectivity index (χ3n) is 3.44. The van der Waals surface area contributed by atoms with Crippen LogP contribution in [0.25, 0.3) is 0 Å². The van der Waals surface area contributed by atoms with Gasteiger partial charge in [0.05, 0.1) is 18.9 Å². The lowest BCUT2D eigenvalue weighted by Crippen LogP contribution is -2.08. The molecule has 0 heterocycles. The molecule has 0 saturated carbocycles. The number of benzene rings is 1. The van der Waals surface area contributed by atoms with Crippen molar-refractivity contribution in [2.24, 2.45) is 5.16 Å². The van der Waals surface area contributed by atoms with Crippen LogP contribution in [0.15, 0.2) is 27.9 Å². The molecule has 152 valence electrons. The molecular weight excluding hydrogens is 389 g/mol. The highest BCUT2D eigenvalue weighted by molar-refractivity contribution is 6.55. The number of halogens is 2. The van der Waals surface area contributed by atoms with E-state index in [-0.39, 0.29) is 4.49 Å². The molecule has 1 rings (SSSR count). The second kappa shape index (κ2) is 13.7. The number of rotatable bonds is 13. The second-order valence-electron chi connectivity index (χ2n) is 6.07. The topological polar surface area (TPSA) is 49.3 Å². The Labute approximate surface area is 172 Å². The zero-order chi connectivity index (χ0) is 20.1. The molecule has 7 heteroatoms. The molecule has 0 bridgehead atoms. The normalized spacial score (nSPS) is 10.3. The van der Waals surface area contributed by atoms with Crippen molar-refractivity contribution >= 4 is 28.9 Å². The summed E-state index contributed by atoms with van der Waals surface area (Å²) in [6.07, 6.45) is 3.26.